The van der Waals surface area contributed by atoms with Gasteiger partial charge in [0, 0.05) is 11.6 Å². The Bertz CT molecular complexity index is 725. The van der Waals surface area contributed by atoms with Crippen LogP contribution in [-0.4, -0.2) is 4.21 Å². The van der Waals surface area contributed by atoms with E-state index in [-0.39, 0.29) is 21.8 Å². The lowest BCUT2D eigenvalue weighted by Crippen LogP contribution is -2.02. The zero-order chi connectivity index (χ0) is 14.7. The molecule has 1 unspecified atom stereocenters. The standard InChI is InChI=1S/C14H8F3NOS/c15-11-2-4-14(13(17)6-11)20(19)8-10-5-9(7-18)1-3-12(10)16/h1-6H,8H2. The number of rotatable bonds is 3. The van der Waals surface area contributed by atoms with Crippen LogP contribution in [0.3, 0.4) is 0 Å². The van der Waals surface area contributed by atoms with E-state index in [9.17, 15) is 17.4 Å². The summed E-state index contributed by atoms with van der Waals surface area (Å²) in [4.78, 5) is -0.201. The maximum absolute atomic E-state index is 13.5. The lowest BCUT2D eigenvalue weighted by molar-refractivity contribution is 0.562. The fourth-order valence-electron chi connectivity index (χ4n) is 1.63. The Morgan fingerprint density at radius 2 is 1.80 bits per heavy atom. The van der Waals surface area contributed by atoms with Crippen LogP contribution in [0.15, 0.2) is 41.3 Å². The minimum absolute atomic E-state index is 0.0473. The van der Waals surface area contributed by atoms with E-state index in [1.54, 1.807) is 0 Å². The highest BCUT2D eigenvalue weighted by Crippen LogP contribution is 2.19. The Kier molecular flexibility index (Phi) is 4.20. The van der Waals surface area contributed by atoms with Crippen molar-refractivity contribution in [1.82, 2.24) is 0 Å². The molecular formula is C14H8F3NOS. The molecule has 0 radical (unpaired) electrons. The average Bonchev–Trinajstić information content (AvgIpc) is 2.41. The summed E-state index contributed by atoms with van der Waals surface area (Å²) < 4.78 is 51.8. The summed E-state index contributed by atoms with van der Waals surface area (Å²) in [6.45, 7) is 0. The average molecular weight is 295 g/mol. The van der Waals surface area contributed by atoms with Crippen LogP contribution in [0.5, 0.6) is 0 Å². The summed E-state index contributed by atoms with van der Waals surface area (Å²) in [5.74, 6) is -2.63. The summed E-state index contributed by atoms with van der Waals surface area (Å²) in [6, 6.07) is 8.14. The minimum Gasteiger partial charge on any atom is -0.254 e. The van der Waals surface area contributed by atoms with Crippen molar-refractivity contribution >= 4 is 10.8 Å². The van der Waals surface area contributed by atoms with Gasteiger partial charge in [0.2, 0.25) is 0 Å². The van der Waals surface area contributed by atoms with Crippen LogP contribution in [-0.2, 0) is 16.6 Å². The van der Waals surface area contributed by atoms with E-state index < -0.39 is 28.3 Å². The van der Waals surface area contributed by atoms with Crippen molar-refractivity contribution in [3.63, 3.8) is 0 Å². The quantitative estimate of drug-likeness (QED) is 0.872. The summed E-state index contributed by atoms with van der Waals surface area (Å²) in [5, 5.41) is 8.73. The summed E-state index contributed by atoms with van der Waals surface area (Å²) in [5.41, 5.74) is 0.268. The highest BCUT2D eigenvalue weighted by Gasteiger charge is 2.14. The lowest BCUT2D eigenvalue weighted by Gasteiger charge is -2.05. The SMILES string of the molecule is N#Cc1ccc(F)c(CS(=O)c2ccc(F)cc2F)c1. The Balaban J connectivity index is 2.30. The molecule has 0 heterocycles. The largest absolute Gasteiger partial charge is 0.254 e. The van der Waals surface area contributed by atoms with Crippen molar-refractivity contribution in [3.8, 4) is 6.07 Å². The predicted octanol–water partition coefficient (Wildman–Crippen LogP) is 3.28. The third-order valence-electron chi connectivity index (χ3n) is 2.60. The fourth-order valence-corrected chi connectivity index (χ4v) is 2.79. The molecular weight excluding hydrogens is 287 g/mol. The smallest absolute Gasteiger partial charge is 0.142 e. The van der Waals surface area contributed by atoms with Crippen molar-refractivity contribution in [1.29, 1.82) is 5.26 Å². The van der Waals surface area contributed by atoms with E-state index in [1.165, 1.54) is 12.1 Å². The van der Waals surface area contributed by atoms with Gasteiger partial charge >= 0.3 is 0 Å². The molecule has 2 aromatic carbocycles. The van der Waals surface area contributed by atoms with E-state index in [4.69, 9.17) is 5.26 Å². The third kappa shape index (κ3) is 3.06. The number of halogens is 3. The van der Waals surface area contributed by atoms with Gasteiger partial charge in [0.1, 0.15) is 17.5 Å². The van der Waals surface area contributed by atoms with Gasteiger partial charge in [-0.3, -0.25) is 4.21 Å². The highest BCUT2D eigenvalue weighted by molar-refractivity contribution is 7.84. The molecule has 2 nitrogen and oxygen atoms in total. The molecule has 0 aliphatic heterocycles. The molecule has 6 heteroatoms. The maximum Gasteiger partial charge on any atom is 0.142 e. The number of nitriles is 1. The second kappa shape index (κ2) is 5.88. The molecule has 2 aromatic rings. The Labute approximate surface area is 115 Å². The molecule has 0 spiro atoms. The lowest BCUT2D eigenvalue weighted by atomic mass is 10.1. The molecule has 1 atom stereocenters. The Morgan fingerprint density at radius 3 is 2.45 bits per heavy atom. The monoisotopic (exact) mass is 295 g/mol. The first-order valence-electron chi connectivity index (χ1n) is 5.53. The first-order valence-corrected chi connectivity index (χ1v) is 6.85. The number of hydrogen-bond donors (Lipinski definition) is 0. The van der Waals surface area contributed by atoms with Gasteiger partial charge in [-0.15, -0.1) is 0 Å². The van der Waals surface area contributed by atoms with Crippen LogP contribution in [0, 0.1) is 28.8 Å². The molecule has 0 bridgehead atoms. The summed E-state index contributed by atoms with van der Waals surface area (Å²) in [6.07, 6.45) is 0. The molecule has 0 aliphatic carbocycles. The van der Waals surface area contributed by atoms with Crippen LogP contribution in [0.1, 0.15) is 11.1 Å². The van der Waals surface area contributed by atoms with Gasteiger partial charge in [-0.25, -0.2) is 13.2 Å². The van der Waals surface area contributed by atoms with E-state index in [2.05, 4.69) is 0 Å². The minimum atomic E-state index is -1.87. The molecule has 2 rings (SSSR count). The van der Waals surface area contributed by atoms with E-state index >= 15 is 0 Å². The number of nitrogens with zero attached hydrogens (tertiary/aromatic N) is 1. The van der Waals surface area contributed by atoms with E-state index in [0.29, 0.717) is 6.07 Å². The van der Waals surface area contributed by atoms with Crippen molar-refractivity contribution in [2.45, 2.75) is 10.6 Å². The molecule has 20 heavy (non-hydrogen) atoms. The number of benzene rings is 2. The first-order chi connectivity index (χ1) is 9.51. The maximum atomic E-state index is 13.5. The van der Waals surface area contributed by atoms with Crippen LogP contribution in [0.4, 0.5) is 13.2 Å². The van der Waals surface area contributed by atoms with Crippen LogP contribution in [0.2, 0.25) is 0 Å². The molecule has 0 fully saturated rings. The van der Waals surface area contributed by atoms with Gasteiger partial charge in [0.15, 0.2) is 0 Å². The van der Waals surface area contributed by atoms with Crippen LogP contribution in [0.25, 0.3) is 0 Å². The van der Waals surface area contributed by atoms with Gasteiger partial charge in [-0.05, 0) is 30.3 Å². The zero-order valence-corrected chi connectivity index (χ0v) is 10.9. The number of hydrogen-bond acceptors (Lipinski definition) is 2. The Morgan fingerprint density at radius 1 is 1.05 bits per heavy atom. The van der Waals surface area contributed by atoms with Crippen molar-refractivity contribution in [2.24, 2.45) is 0 Å². The summed E-state index contributed by atoms with van der Waals surface area (Å²) in [7, 11) is -1.87. The molecule has 0 aliphatic rings. The normalized spacial score (nSPS) is 11.9. The van der Waals surface area contributed by atoms with Crippen molar-refractivity contribution in [3.05, 3.63) is 65.0 Å². The molecule has 0 saturated heterocycles. The first kappa shape index (κ1) is 14.3. The van der Waals surface area contributed by atoms with Gasteiger partial charge in [0.05, 0.1) is 33.1 Å². The predicted molar refractivity (Wildman–Crippen MR) is 67.6 cm³/mol. The van der Waals surface area contributed by atoms with Crippen LogP contribution < -0.4 is 0 Å². The zero-order valence-electron chi connectivity index (χ0n) is 10.1. The second-order valence-corrected chi connectivity index (χ2v) is 5.40. The molecule has 0 aromatic heterocycles. The van der Waals surface area contributed by atoms with Gasteiger partial charge in [-0.1, -0.05) is 0 Å². The topological polar surface area (TPSA) is 40.9 Å². The summed E-state index contributed by atoms with van der Waals surface area (Å²) >= 11 is 0. The van der Waals surface area contributed by atoms with Crippen molar-refractivity contribution in [2.75, 3.05) is 0 Å². The van der Waals surface area contributed by atoms with Gasteiger partial charge < -0.3 is 0 Å². The second-order valence-electron chi connectivity index (χ2n) is 3.98. The molecule has 0 amide bonds. The third-order valence-corrected chi connectivity index (χ3v) is 4.00. The van der Waals surface area contributed by atoms with E-state index in [1.807, 2.05) is 6.07 Å². The Hall–Kier alpha value is -2.13. The van der Waals surface area contributed by atoms with Gasteiger partial charge in [0.25, 0.3) is 0 Å². The molecule has 102 valence electrons. The van der Waals surface area contributed by atoms with E-state index in [0.717, 1.165) is 18.2 Å². The van der Waals surface area contributed by atoms with Gasteiger partial charge in [-0.2, -0.15) is 5.26 Å². The molecule has 0 saturated carbocycles. The fraction of sp³-hybridized carbons (Fsp3) is 0.0714. The highest BCUT2D eigenvalue weighted by atomic mass is 32.2. The molecule has 0 N–H and O–H groups in total. The van der Waals surface area contributed by atoms with Crippen LogP contribution >= 0.6 is 0 Å². The van der Waals surface area contributed by atoms with Crippen molar-refractivity contribution < 1.29 is 17.4 Å².